The van der Waals surface area contributed by atoms with Gasteiger partial charge in [0.1, 0.15) is 11.2 Å². The monoisotopic (exact) mass is 375 g/mol. The summed E-state index contributed by atoms with van der Waals surface area (Å²) in [5.41, 5.74) is -1.09. The summed E-state index contributed by atoms with van der Waals surface area (Å²) < 4.78 is 15.1. The molecule has 2 N–H and O–H groups in total. The van der Waals surface area contributed by atoms with Crippen LogP contribution in [0.5, 0.6) is 0 Å². The number of nitrogens with zero attached hydrogens (tertiary/aromatic N) is 3. The second-order valence-corrected chi connectivity index (χ2v) is 6.91. The highest BCUT2D eigenvalue weighted by molar-refractivity contribution is 5.80. The Morgan fingerprint density at radius 2 is 2.15 bits per heavy atom. The van der Waals surface area contributed by atoms with Crippen molar-refractivity contribution in [2.75, 3.05) is 13.1 Å². The summed E-state index contributed by atoms with van der Waals surface area (Å²) in [4.78, 5) is 26.1. The summed E-state index contributed by atoms with van der Waals surface area (Å²) in [6, 6.07) is 7.42. The van der Waals surface area contributed by atoms with E-state index in [1.54, 1.807) is 29.2 Å². The molecule has 0 unspecified atom stereocenters. The molecule has 0 bridgehead atoms. The van der Waals surface area contributed by atoms with Crippen LogP contribution in [0.1, 0.15) is 18.4 Å². The number of halogens is 1. The zero-order valence-corrected chi connectivity index (χ0v) is 14.8. The third-order valence-electron chi connectivity index (χ3n) is 5.08. The van der Waals surface area contributed by atoms with E-state index in [1.807, 2.05) is 0 Å². The van der Waals surface area contributed by atoms with E-state index in [0.717, 1.165) is 0 Å². The molecule has 8 heteroatoms. The summed E-state index contributed by atoms with van der Waals surface area (Å²) in [5, 5.41) is 24.4. The van der Waals surface area contributed by atoms with Gasteiger partial charge in [-0.1, -0.05) is 12.1 Å². The number of piperidine rings is 1. The van der Waals surface area contributed by atoms with Crippen molar-refractivity contribution in [1.29, 1.82) is 0 Å². The highest BCUT2D eigenvalue weighted by atomic mass is 19.1. The molecular formula is C19H22FN3O4. The lowest BCUT2D eigenvalue weighted by Gasteiger charge is -2.43. The average molecular weight is 375 g/mol. The first kappa shape index (κ1) is 19.0. The van der Waals surface area contributed by atoms with Gasteiger partial charge in [0.05, 0.1) is 6.10 Å². The lowest BCUT2D eigenvalue weighted by Crippen LogP contribution is -2.58. The molecule has 1 aliphatic rings. The number of carbonyl (C=O) groups is 2. The van der Waals surface area contributed by atoms with Crippen LogP contribution in [0.2, 0.25) is 0 Å². The maximum atomic E-state index is 13.5. The van der Waals surface area contributed by atoms with Crippen molar-refractivity contribution in [3.63, 3.8) is 0 Å². The third kappa shape index (κ3) is 4.16. The predicted octanol–water partition coefficient (Wildman–Crippen LogP) is 1.32. The van der Waals surface area contributed by atoms with Crippen LogP contribution in [-0.2, 0) is 22.6 Å². The van der Waals surface area contributed by atoms with Crippen LogP contribution in [0.15, 0.2) is 42.7 Å². The van der Waals surface area contributed by atoms with Gasteiger partial charge in [0.15, 0.2) is 0 Å². The smallest absolute Gasteiger partial charge is 0.314 e. The molecule has 1 aromatic carbocycles. The van der Waals surface area contributed by atoms with Crippen LogP contribution >= 0.6 is 0 Å². The Balaban J connectivity index is 1.75. The van der Waals surface area contributed by atoms with Crippen molar-refractivity contribution >= 4 is 11.9 Å². The number of carboxylic acids is 1. The number of aliphatic hydroxyl groups excluding tert-OH is 1. The van der Waals surface area contributed by atoms with Crippen LogP contribution in [0.4, 0.5) is 4.39 Å². The maximum absolute atomic E-state index is 13.5. The number of aromatic nitrogens is 2. The van der Waals surface area contributed by atoms with Crippen molar-refractivity contribution in [3.05, 3.63) is 54.1 Å². The van der Waals surface area contributed by atoms with Gasteiger partial charge in [0.25, 0.3) is 0 Å². The Morgan fingerprint density at radius 1 is 1.33 bits per heavy atom. The molecule has 1 aliphatic heterocycles. The van der Waals surface area contributed by atoms with Gasteiger partial charge in [0, 0.05) is 38.4 Å². The molecule has 0 saturated carbocycles. The number of hydrogen-bond donors (Lipinski definition) is 2. The molecule has 1 aromatic heterocycles. The maximum Gasteiger partial charge on any atom is 0.314 e. The summed E-state index contributed by atoms with van der Waals surface area (Å²) in [6.45, 7) is 0.574. The molecule has 1 fully saturated rings. The third-order valence-corrected chi connectivity index (χ3v) is 5.08. The number of aryl methyl sites for hydroxylation is 1. The molecule has 144 valence electrons. The van der Waals surface area contributed by atoms with E-state index in [0.29, 0.717) is 12.1 Å². The highest BCUT2D eigenvalue weighted by Gasteiger charge is 2.50. The van der Waals surface area contributed by atoms with Gasteiger partial charge in [-0.3, -0.25) is 14.3 Å². The van der Waals surface area contributed by atoms with Gasteiger partial charge in [-0.2, -0.15) is 5.10 Å². The fourth-order valence-corrected chi connectivity index (χ4v) is 3.56. The van der Waals surface area contributed by atoms with Gasteiger partial charge >= 0.3 is 5.97 Å². The summed E-state index contributed by atoms with van der Waals surface area (Å²) in [7, 11) is 0. The molecule has 2 heterocycles. The fraction of sp³-hybridized carbons (Fsp3) is 0.421. The molecule has 27 heavy (non-hydrogen) atoms. The average Bonchev–Trinajstić information content (AvgIpc) is 3.15. The number of carboxylic acid groups (broad SMARTS) is 1. The minimum Gasteiger partial charge on any atom is -0.481 e. The first-order chi connectivity index (χ1) is 12.9. The van der Waals surface area contributed by atoms with Gasteiger partial charge < -0.3 is 15.1 Å². The topological polar surface area (TPSA) is 95.7 Å². The van der Waals surface area contributed by atoms with Crippen LogP contribution in [0.25, 0.3) is 0 Å². The van der Waals surface area contributed by atoms with Crippen LogP contribution < -0.4 is 0 Å². The summed E-state index contributed by atoms with van der Waals surface area (Å²) in [6.07, 6.45) is 2.55. The van der Waals surface area contributed by atoms with E-state index < -0.39 is 23.3 Å². The Morgan fingerprint density at radius 3 is 2.81 bits per heavy atom. The number of carbonyl (C=O) groups excluding carboxylic acids is 1. The van der Waals surface area contributed by atoms with Crippen LogP contribution in [0.3, 0.4) is 0 Å². The standard InChI is InChI=1S/C19H22FN3O4/c20-15-4-1-3-14(11-15)12-19(18(26)27)13-22(9-5-16(19)24)17(25)6-10-23-8-2-7-21-23/h1-4,7-8,11,16,24H,5-6,9-10,12-13H2,(H,26,27)/t16-,19-/m1/s1. The van der Waals surface area contributed by atoms with E-state index in [4.69, 9.17) is 0 Å². The first-order valence-corrected chi connectivity index (χ1v) is 8.82. The van der Waals surface area contributed by atoms with Crippen molar-refractivity contribution in [3.8, 4) is 0 Å². The van der Waals surface area contributed by atoms with E-state index in [2.05, 4.69) is 5.10 Å². The van der Waals surface area contributed by atoms with Crippen molar-refractivity contribution in [2.45, 2.75) is 31.9 Å². The van der Waals surface area contributed by atoms with Crippen LogP contribution in [0, 0.1) is 11.2 Å². The van der Waals surface area contributed by atoms with E-state index >= 15 is 0 Å². The normalized spacial score (nSPS) is 22.6. The SMILES string of the molecule is O=C(CCn1cccn1)N1CC[C@@H](O)[C@](Cc2cccc(F)c2)(C(=O)O)C1. The van der Waals surface area contributed by atoms with Crippen molar-refractivity contribution in [2.24, 2.45) is 5.41 Å². The second-order valence-electron chi connectivity index (χ2n) is 6.91. The van der Waals surface area contributed by atoms with E-state index in [-0.39, 0.29) is 38.3 Å². The number of aliphatic hydroxyl groups is 1. The Hall–Kier alpha value is -2.74. The largest absolute Gasteiger partial charge is 0.481 e. The number of benzene rings is 1. The summed E-state index contributed by atoms with van der Waals surface area (Å²) in [5.74, 6) is -1.85. The zero-order chi connectivity index (χ0) is 19.4. The van der Waals surface area contributed by atoms with Gasteiger partial charge in [-0.15, -0.1) is 0 Å². The van der Waals surface area contributed by atoms with E-state index in [1.165, 1.54) is 23.1 Å². The molecule has 2 atom stereocenters. The molecule has 3 rings (SSSR count). The lowest BCUT2D eigenvalue weighted by molar-refractivity contribution is -0.165. The highest BCUT2D eigenvalue weighted by Crippen LogP contribution is 2.35. The van der Waals surface area contributed by atoms with Crippen molar-refractivity contribution < 1.29 is 24.2 Å². The lowest BCUT2D eigenvalue weighted by atomic mass is 9.72. The van der Waals surface area contributed by atoms with Gasteiger partial charge in [0.2, 0.25) is 5.91 Å². The minimum atomic E-state index is -1.56. The molecular weight excluding hydrogens is 353 g/mol. The number of rotatable bonds is 6. The quantitative estimate of drug-likeness (QED) is 0.794. The number of aliphatic carboxylic acids is 1. The Kier molecular flexibility index (Phi) is 5.55. The molecule has 1 amide bonds. The second kappa shape index (κ2) is 7.87. The number of amides is 1. The minimum absolute atomic E-state index is 0.0514. The Bertz CT molecular complexity index is 811. The Labute approximate surface area is 156 Å². The molecule has 2 aromatic rings. The zero-order valence-electron chi connectivity index (χ0n) is 14.8. The van der Waals surface area contributed by atoms with Gasteiger partial charge in [-0.05, 0) is 36.6 Å². The predicted molar refractivity (Wildman–Crippen MR) is 94.2 cm³/mol. The number of hydrogen-bond acceptors (Lipinski definition) is 4. The van der Waals surface area contributed by atoms with Crippen LogP contribution in [-0.4, -0.2) is 56.0 Å². The van der Waals surface area contributed by atoms with Gasteiger partial charge in [-0.25, -0.2) is 4.39 Å². The molecule has 0 radical (unpaired) electrons. The first-order valence-electron chi connectivity index (χ1n) is 8.82. The van der Waals surface area contributed by atoms with Crippen molar-refractivity contribution in [1.82, 2.24) is 14.7 Å². The number of likely N-dealkylation sites (tertiary alicyclic amines) is 1. The molecule has 0 aliphatic carbocycles. The van der Waals surface area contributed by atoms with E-state index in [9.17, 15) is 24.2 Å². The molecule has 0 spiro atoms. The summed E-state index contributed by atoms with van der Waals surface area (Å²) >= 11 is 0. The molecule has 7 nitrogen and oxygen atoms in total. The fourth-order valence-electron chi connectivity index (χ4n) is 3.56. The molecule has 1 saturated heterocycles.